The lowest BCUT2D eigenvalue weighted by atomic mass is 10.2. The van der Waals surface area contributed by atoms with Gasteiger partial charge in [0.15, 0.2) is 18.1 Å². The normalized spacial score (nSPS) is 10.1. The minimum atomic E-state index is -0.326. The summed E-state index contributed by atoms with van der Waals surface area (Å²) in [5.74, 6) is 1.29. The van der Waals surface area contributed by atoms with Crippen LogP contribution in [0.2, 0.25) is 5.02 Å². The Labute approximate surface area is 140 Å². The number of benzene rings is 2. The maximum Gasteiger partial charge on any atom is 0.262 e. The predicted octanol–water partition coefficient (Wildman–Crippen LogP) is 3.68. The summed E-state index contributed by atoms with van der Waals surface area (Å²) < 4.78 is 15.9. The number of anilines is 1. The number of hydrogen-bond acceptors (Lipinski definition) is 4. The Morgan fingerprint density at radius 1 is 1.04 bits per heavy atom. The van der Waals surface area contributed by atoms with Crippen molar-refractivity contribution in [2.24, 2.45) is 0 Å². The number of hydrogen-bond donors (Lipinski definition) is 1. The van der Waals surface area contributed by atoms with Gasteiger partial charge in [0.1, 0.15) is 5.75 Å². The minimum absolute atomic E-state index is 0.158. The van der Waals surface area contributed by atoms with Gasteiger partial charge in [-0.05, 0) is 42.8 Å². The Hall–Kier alpha value is -2.40. The van der Waals surface area contributed by atoms with E-state index in [0.717, 1.165) is 5.56 Å². The number of ether oxygens (including phenoxy) is 3. The fraction of sp³-hybridized carbons (Fsp3) is 0.235. The third-order valence-corrected chi connectivity index (χ3v) is 3.35. The zero-order valence-electron chi connectivity index (χ0n) is 13.2. The Morgan fingerprint density at radius 2 is 1.74 bits per heavy atom. The van der Waals surface area contributed by atoms with E-state index in [9.17, 15) is 4.79 Å². The highest BCUT2D eigenvalue weighted by Crippen LogP contribution is 2.29. The molecule has 0 aromatic heterocycles. The van der Waals surface area contributed by atoms with Crippen molar-refractivity contribution in [3.05, 3.63) is 47.0 Å². The average molecular weight is 336 g/mol. The lowest BCUT2D eigenvalue weighted by Crippen LogP contribution is -2.20. The molecule has 122 valence electrons. The summed E-state index contributed by atoms with van der Waals surface area (Å²) in [4.78, 5) is 12.1. The second-order valence-corrected chi connectivity index (χ2v) is 5.27. The van der Waals surface area contributed by atoms with Crippen LogP contribution in [0.4, 0.5) is 5.69 Å². The molecule has 0 saturated heterocycles. The summed E-state index contributed by atoms with van der Waals surface area (Å²) in [6.07, 6.45) is 0. The Bertz CT molecular complexity index is 703. The van der Waals surface area contributed by atoms with Crippen LogP contribution in [-0.4, -0.2) is 26.7 Å². The highest BCUT2D eigenvalue weighted by molar-refractivity contribution is 6.31. The van der Waals surface area contributed by atoms with Gasteiger partial charge in [-0.3, -0.25) is 4.79 Å². The van der Waals surface area contributed by atoms with Crippen molar-refractivity contribution >= 4 is 23.2 Å². The molecule has 0 radical (unpaired) electrons. The van der Waals surface area contributed by atoms with Gasteiger partial charge in [0.2, 0.25) is 0 Å². The van der Waals surface area contributed by atoms with E-state index >= 15 is 0 Å². The van der Waals surface area contributed by atoms with Gasteiger partial charge >= 0.3 is 0 Å². The molecule has 0 atom stereocenters. The molecule has 23 heavy (non-hydrogen) atoms. The number of rotatable bonds is 6. The molecular formula is C17H18ClNO4. The Kier molecular flexibility index (Phi) is 5.71. The van der Waals surface area contributed by atoms with Crippen molar-refractivity contribution in [3.63, 3.8) is 0 Å². The number of aryl methyl sites for hydroxylation is 1. The fourth-order valence-electron chi connectivity index (χ4n) is 2.00. The van der Waals surface area contributed by atoms with Gasteiger partial charge in [0, 0.05) is 5.02 Å². The topological polar surface area (TPSA) is 56.8 Å². The van der Waals surface area contributed by atoms with Crippen LogP contribution in [0, 0.1) is 6.92 Å². The quantitative estimate of drug-likeness (QED) is 0.874. The Morgan fingerprint density at radius 3 is 2.43 bits per heavy atom. The van der Waals surface area contributed by atoms with Gasteiger partial charge in [-0.15, -0.1) is 0 Å². The molecule has 2 aromatic carbocycles. The van der Waals surface area contributed by atoms with Crippen LogP contribution in [-0.2, 0) is 4.79 Å². The highest BCUT2D eigenvalue weighted by atomic mass is 35.5. The van der Waals surface area contributed by atoms with Gasteiger partial charge in [0.25, 0.3) is 5.91 Å². The minimum Gasteiger partial charge on any atom is -0.495 e. The first-order valence-corrected chi connectivity index (χ1v) is 7.32. The first-order valence-electron chi connectivity index (χ1n) is 6.94. The standard InChI is InChI=1S/C17H18ClNO4/c1-11-4-6-15(16(8-11)22-3)23-10-17(20)19-13-9-12(18)5-7-14(13)21-2/h4-9H,10H2,1-3H3,(H,19,20). The molecule has 0 aliphatic carbocycles. The molecule has 0 fully saturated rings. The number of halogens is 1. The second kappa shape index (κ2) is 7.74. The molecule has 0 bridgehead atoms. The van der Waals surface area contributed by atoms with Gasteiger partial charge in [-0.25, -0.2) is 0 Å². The van der Waals surface area contributed by atoms with Gasteiger partial charge in [-0.1, -0.05) is 17.7 Å². The molecule has 0 aliphatic heterocycles. The average Bonchev–Trinajstić information content (AvgIpc) is 2.53. The third kappa shape index (κ3) is 4.53. The molecule has 5 nitrogen and oxygen atoms in total. The van der Waals surface area contributed by atoms with E-state index in [-0.39, 0.29) is 12.5 Å². The summed E-state index contributed by atoms with van der Waals surface area (Å²) in [6, 6.07) is 10.5. The van der Waals surface area contributed by atoms with Crippen LogP contribution >= 0.6 is 11.6 Å². The maximum absolute atomic E-state index is 12.1. The molecule has 0 unspecified atom stereocenters. The van der Waals surface area contributed by atoms with Crippen LogP contribution in [0.25, 0.3) is 0 Å². The van der Waals surface area contributed by atoms with E-state index in [4.69, 9.17) is 25.8 Å². The smallest absolute Gasteiger partial charge is 0.262 e. The largest absolute Gasteiger partial charge is 0.495 e. The SMILES string of the molecule is COc1ccc(Cl)cc1NC(=O)COc1ccc(C)cc1OC. The molecule has 0 aliphatic rings. The van der Waals surface area contributed by atoms with Gasteiger partial charge < -0.3 is 19.5 Å². The fourth-order valence-corrected chi connectivity index (χ4v) is 2.17. The van der Waals surface area contributed by atoms with Crippen molar-refractivity contribution in [2.45, 2.75) is 6.92 Å². The number of nitrogens with one attached hydrogen (secondary N) is 1. The number of methoxy groups -OCH3 is 2. The van der Waals surface area contributed by atoms with Crippen LogP contribution in [0.5, 0.6) is 17.2 Å². The third-order valence-electron chi connectivity index (χ3n) is 3.11. The van der Waals surface area contributed by atoms with E-state index in [2.05, 4.69) is 5.32 Å². The number of carbonyl (C=O) groups is 1. The van der Waals surface area contributed by atoms with Crippen LogP contribution in [0.1, 0.15) is 5.56 Å². The van der Waals surface area contributed by atoms with Crippen LogP contribution in [0.3, 0.4) is 0 Å². The van der Waals surface area contributed by atoms with E-state index in [1.807, 2.05) is 19.1 Å². The summed E-state index contributed by atoms with van der Waals surface area (Å²) >= 11 is 5.93. The van der Waals surface area contributed by atoms with Gasteiger partial charge in [-0.2, -0.15) is 0 Å². The summed E-state index contributed by atoms with van der Waals surface area (Å²) in [7, 11) is 3.07. The van der Waals surface area contributed by atoms with Crippen molar-refractivity contribution in [2.75, 3.05) is 26.1 Å². The molecule has 2 aromatic rings. The lowest BCUT2D eigenvalue weighted by molar-refractivity contribution is -0.118. The monoisotopic (exact) mass is 335 g/mol. The molecule has 0 saturated carbocycles. The first kappa shape index (κ1) is 17.0. The van der Waals surface area contributed by atoms with Crippen LogP contribution in [0.15, 0.2) is 36.4 Å². The van der Waals surface area contributed by atoms with Crippen LogP contribution < -0.4 is 19.5 Å². The second-order valence-electron chi connectivity index (χ2n) is 4.84. The number of amides is 1. The van der Waals surface area contributed by atoms with E-state index in [1.165, 1.54) is 7.11 Å². The maximum atomic E-state index is 12.1. The molecular weight excluding hydrogens is 318 g/mol. The van der Waals surface area contributed by atoms with Crippen molar-refractivity contribution in [3.8, 4) is 17.2 Å². The van der Waals surface area contributed by atoms with Crippen molar-refractivity contribution in [1.82, 2.24) is 0 Å². The number of carbonyl (C=O) groups excluding carboxylic acids is 1. The predicted molar refractivity (Wildman–Crippen MR) is 89.9 cm³/mol. The molecule has 2 rings (SSSR count). The van der Waals surface area contributed by atoms with Crippen molar-refractivity contribution in [1.29, 1.82) is 0 Å². The lowest BCUT2D eigenvalue weighted by Gasteiger charge is -2.13. The van der Waals surface area contributed by atoms with E-state index in [0.29, 0.717) is 28.0 Å². The summed E-state index contributed by atoms with van der Waals surface area (Å²) in [6.45, 7) is 1.79. The van der Waals surface area contributed by atoms with Crippen molar-refractivity contribution < 1.29 is 19.0 Å². The van der Waals surface area contributed by atoms with E-state index in [1.54, 1.807) is 31.4 Å². The molecule has 1 amide bonds. The molecule has 0 heterocycles. The van der Waals surface area contributed by atoms with Gasteiger partial charge in [0.05, 0.1) is 19.9 Å². The molecule has 1 N–H and O–H groups in total. The Balaban J connectivity index is 2.02. The zero-order valence-corrected chi connectivity index (χ0v) is 13.9. The molecule has 6 heteroatoms. The summed E-state index contributed by atoms with van der Waals surface area (Å²) in [5.41, 5.74) is 1.53. The highest BCUT2D eigenvalue weighted by Gasteiger charge is 2.11. The first-order chi connectivity index (χ1) is 11.0. The summed E-state index contributed by atoms with van der Waals surface area (Å²) in [5, 5.41) is 3.21. The van der Waals surface area contributed by atoms with E-state index < -0.39 is 0 Å². The molecule has 0 spiro atoms. The zero-order chi connectivity index (χ0) is 16.8.